The van der Waals surface area contributed by atoms with Gasteiger partial charge in [0.25, 0.3) is 0 Å². The van der Waals surface area contributed by atoms with Crippen LogP contribution in [0.4, 0.5) is 0 Å². The summed E-state index contributed by atoms with van der Waals surface area (Å²) in [6.07, 6.45) is 0. The van der Waals surface area contributed by atoms with Gasteiger partial charge in [-0.2, -0.15) is 5.26 Å². The average molecular weight is 182 g/mol. The first kappa shape index (κ1) is 12.0. The minimum Gasteiger partial charge on any atom is -0.344 e. The molecule has 3 nitrogen and oxygen atoms in total. The number of carbonyl (C=O) groups is 1. The number of amides is 1. The summed E-state index contributed by atoms with van der Waals surface area (Å²) in [5, 5.41) is 8.58. The van der Waals surface area contributed by atoms with E-state index in [1.807, 2.05) is 27.7 Å². The second-order valence-electron chi connectivity index (χ2n) is 4.47. The number of nitrogens with zero attached hydrogens (tertiary/aromatic N) is 2. The highest BCUT2D eigenvalue weighted by atomic mass is 16.2. The van der Waals surface area contributed by atoms with E-state index in [0.29, 0.717) is 6.54 Å². The van der Waals surface area contributed by atoms with Crippen molar-refractivity contribution in [2.75, 3.05) is 13.6 Å². The normalized spacial score (nSPS) is 13.2. The van der Waals surface area contributed by atoms with Crippen LogP contribution < -0.4 is 0 Å². The molecule has 0 aromatic carbocycles. The van der Waals surface area contributed by atoms with E-state index in [-0.39, 0.29) is 17.2 Å². The van der Waals surface area contributed by atoms with Crippen LogP contribution in [0, 0.1) is 22.7 Å². The van der Waals surface area contributed by atoms with Crippen LogP contribution in [-0.4, -0.2) is 24.4 Å². The van der Waals surface area contributed by atoms with Crippen LogP contribution in [0.3, 0.4) is 0 Å². The molecule has 0 spiro atoms. The summed E-state index contributed by atoms with van der Waals surface area (Å²) < 4.78 is 0. The average Bonchev–Trinajstić information content (AvgIpc) is 2.01. The Morgan fingerprint density at radius 1 is 1.54 bits per heavy atom. The Morgan fingerprint density at radius 3 is 2.31 bits per heavy atom. The fraction of sp³-hybridized carbons (Fsp3) is 0.800. The number of hydrogen-bond acceptors (Lipinski definition) is 2. The van der Waals surface area contributed by atoms with Crippen molar-refractivity contribution in [2.24, 2.45) is 11.3 Å². The molecule has 0 bridgehead atoms. The van der Waals surface area contributed by atoms with E-state index < -0.39 is 0 Å². The molecule has 0 saturated heterocycles. The zero-order valence-electron chi connectivity index (χ0n) is 9.09. The Balaban J connectivity index is 4.22. The summed E-state index contributed by atoms with van der Waals surface area (Å²) >= 11 is 0. The number of rotatable bonds is 2. The monoisotopic (exact) mass is 182 g/mol. The van der Waals surface area contributed by atoms with Gasteiger partial charge in [-0.3, -0.25) is 4.79 Å². The lowest BCUT2D eigenvalue weighted by Gasteiger charge is -2.26. The second-order valence-corrected chi connectivity index (χ2v) is 4.47. The predicted octanol–water partition coefficient (Wildman–Crippen LogP) is 1.65. The Labute approximate surface area is 80.3 Å². The van der Waals surface area contributed by atoms with Crippen molar-refractivity contribution in [3.8, 4) is 6.07 Å². The molecule has 0 aliphatic carbocycles. The molecule has 13 heavy (non-hydrogen) atoms. The second kappa shape index (κ2) is 4.27. The Kier molecular flexibility index (Phi) is 3.93. The fourth-order valence-corrected chi connectivity index (χ4v) is 1.11. The molecular formula is C10H18N2O. The van der Waals surface area contributed by atoms with Gasteiger partial charge < -0.3 is 4.90 Å². The summed E-state index contributed by atoms with van der Waals surface area (Å²) in [5.41, 5.74) is -0.357. The van der Waals surface area contributed by atoms with Crippen molar-refractivity contribution in [3.63, 3.8) is 0 Å². The molecule has 0 N–H and O–H groups in total. The molecule has 0 fully saturated rings. The van der Waals surface area contributed by atoms with E-state index in [4.69, 9.17) is 5.26 Å². The Morgan fingerprint density at radius 2 is 2.00 bits per heavy atom. The van der Waals surface area contributed by atoms with Crippen molar-refractivity contribution in [2.45, 2.75) is 27.7 Å². The third kappa shape index (κ3) is 3.93. The molecule has 0 aromatic heterocycles. The maximum Gasteiger partial charge on any atom is 0.227 e. The third-order valence-corrected chi connectivity index (χ3v) is 1.76. The molecule has 1 unspecified atom stereocenters. The van der Waals surface area contributed by atoms with E-state index in [1.54, 1.807) is 11.9 Å². The van der Waals surface area contributed by atoms with Gasteiger partial charge in [-0.15, -0.1) is 0 Å². The lowest BCUT2D eigenvalue weighted by molar-refractivity contribution is -0.138. The fourth-order valence-electron chi connectivity index (χ4n) is 1.11. The zero-order valence-corrected chi connectivity index (χ0v) is 9.09. The van der Waals surface area contributed by atoms with Crippen LogP contribution in [0.25, 0.3) is 0 Å². The number of carbonyl (C=O) groups excluding carboxylic acids is 1. The van der Waals surface area contributed by atoms with Gasteiger partial charge in [0.15, 0.2) is 0 Å². The molecule has 74 valence electrons. The van der Waals surface area contributed by atoms with Gasteiger partial charge in [0.1, 0.15) is 0 Å². The van der Waals surface area contributed by atoms with E-state index in [9.17, 15) is 4.79 Å². The molecule has 3 heteroatoms. The molecule has 0 radical (unpaired) electrons. The van der Waals surface area contributed by atoms with E-state index >= 15 is 0 Å². The first-order chi connectivity index (χ1) is 5.79. The van der Waals surface area contributed by atoms with Crippen molar-refractivity contribution >= 4 is 5.91 Å². The smallest absolute Gasteiger partial charge is 0.227 e. The minimum atomic E-state index is -0.357. The van der Waals surface area contributed by atoms with Crippen molar-refractivity contribution < 1.29 is 4.79 Å². The Hall–Kier alpha value is -1.04. The van der Waals surface area contributed by atoms with E-state index in [1.165, 1.54) is 0 Å². The molecule has 0 heterocycles. The lowest BCUT2D eigenvalue weighted by Crippen LogP contribution is -2.38. The van der Waals surface area contributed by atoms with Gasteiger partial charge in [0.2, 0.25) is 5.91 Å². The Bertz CT molecular complexity index is 222. The predicted molar refractivity (Wildman–Crippen MR) is 51.9 cm³/mol. The molecule has 1 atom stereocenters. The van der Waals surface area contributed by atoms with Crippen LogP contribution >= 0.6 is 0 Å². The van der Waals surface area contributed by atoms with Gasteiger partial charge in [-0.25, -0.2) is 0 Å². The SMILES string of the molecule is CC(C#N)CN(C)C(=O)C(C)(C)C. The minimum absolute atomic E-state index is 0.0783. The van der Waals surface area contributed by atoms with Crippen molar-refractivity contribution in [1.82, 2.24) is 4.90 Å². The summed E-state index contributed by atoms with van der Waals surface area (Å²) in [7, 11) is 1.74. The zero-order chi connectivity index (χ0) is 10.6. The van der Waals surface area contributed by atoms with Crippen LogP contribution in [-0.2, 0) is 4.79 Å². The highest BCUT2D eigenvalue weighted by molar-refractivity contribution is 5.81. The maximum atomic E-state index is 11.6. The third-order valence-electron chi connectivity index (χ3n) is 1.76. The molecule has 0 aliphatic rings. The van der Waals surface area contributed by atoms with Crippen LogP contribution in [0.15, 0.2) is 0 Å². The summed E-state index contributed by atoms with van der Waals surface area (Å²) in [6, 6.07) is 2.11. The first-order valence-electron chi connectivity index (χ1n) is 4.44. The van der Waals surface area contributed by atoms with Gasteiger partial charge in [-0.1, -0.05) is 20.8 Å². The summed E-state index contributed by atoms with van der Waals surface area (Å²) in [6.45, 7) is 7.95. The van der Waals surface area contributed by atoms with E-state index in [2.05, 4.69) is 6.07 Å². The largest absolute Gasteiger partial charge is 0.344 e. The topological polar surface area (TPSA) is 44.1 Å². The van der Waals surface area contributed by atoms with Gasteiger partial charge in [0.05, 0.1) is 12.0 Å². The summed E-state index contributed by atoms with van der Waals surface area (Å²) in [5.74, 6) is -0.0223. The van der Waals surface area contributed by atoms with E-state index in [0.717, 1.165) is 0 Å². The van der Waals surface area contributed by atoms with Crippen LogP contribution in [0.2, 0.25) is 0 Å². The van der Waals surface area contributed by atoms with Crippen LogP contribution in [0.1, 0.15) is 27.7 Å². The van der Waals surface area contributed by atoms with Gasteiger partial charge >= 0.3 is 0 Å². The lowest BCUT2D eigenvalue weighted by atomic mass is 9.94. The highest BCUT2D eigenvalue weighted by Gasteiger charge is 2.25. The quantitative estimate of drug-likeness (QED) is 0.651. The van der Waals surface area contributed by atoms with Crippen LogP contribution in [0.5, 0.6) is 0 Å². The molecular weight excluding hydrogens is 164 g/mol. The molecule has 1 amide bonds. The molecule has 0 aliphatic heterocycles. The maximum absolute atomic E-state index is 11.6. The summed E-state index contributed by atoms with van der Waals surface area (Å²) in [4.78, 5) is 13.3. The standard InChI is InChI=1S/C10H18N2O/c1-8(6-11)7-12(5)9(13)10(2,3)4/h8H,7H2,1-5H3. The van der Waals surface area contributed by atoms with Crippen molar-refractivity contribution in [3.05, 3.63) is 0 Å². The number of hydrogen-bond donors (Lipinski definition) is 0. The first-order valence-corrected chi connectivity index (χ1v) is 4.44. The molecule has 0 aromatic rings. The highest BCUT2D eigenvalue weighted by Crippen LogP contribution is 2.16. The van der Waals surface area contributed by atoms with Gasteiger partial charge in [0, 0.05) is 19.0 Å². The molecule has 0 saturated carbocycles. The number of nitriles is 1. The van der Waals surface area contributed by atoms with Crippen molar-refractivity contribution in [1.29, 1.82) is 5.26 Å². The molecule has 0 rings (SSSR count). The van der Waals surface area contributed by atoms with Gasteiger partial charge in [-0.05, 0) is 6.92 Å².